The van der Waals surface area contributed by atoms with E-state index in [0.717, 1.165) is 15.7 Å². The molecule has 2 aromatic rings. The fraction of sp³-hybridized carbons (Fsp3) is 0. The molecule has 0 saturated heterocycles. The molecule has 0 radical (unpaired) electrons. The molecule has 1 heterocycles. The number of benzene rings is 1. The van der Waals surface area contributed by atoms with Gasteiger partial charge in [0, 0.05) is 10.0 Å². The van der Waals surface area contributed by atoms with E-state index in [2.05, 4.69) is 20.9 Å². The summed E-state index contributed by atoms with van der Waals surface area (Å²) in [6.07, 6.45) is 0. The molecule has 0 aliphatic heterocycles. The van der Waals surface area contributed by atoms with Crippen molar-refractivity contribution in [1.82, 2.24) is 4.98 Å². The average Bonchev–Trinajstić information content (AvgIpc) is 2.30. The molecule has 1 aromatic heterocycles. The molecule has 15 heavy (non-hydrogen) atoms. The Balaban J connectivity index is 2.46. The molecule has 2 nitrogen and oxygen atoms in total. The Hall–Kier alpha value is -1.66. The van der Waals surface area contributed by atoms with Gasteiger partial charge in [-0.1, -0.05) is 34.1 Å². The highest BCUT2D eigenvalue weighted by Crippen LogP contribution is 2.19. The van der Waals surface area contributed by atoms with E-state index in [1.807, 2.05) is 42.5 Å². The smallest absolute Gasteiger partial charge is 0.141 e. The minimum absolute atomic E-state index is 0.440. The molecule has 0 amide bonds. The van der Waals surface area contributed by atoms with Gasteiger partial charge >= 0.3 is 0 Å². The molecule has 0 aliphatic carbocycles. The average molecular weight is 259 g/mol. The molecular weight excluding hydrogens is 252 g/mol. The Morgan fingerprint density at radius 2 is 1.80 bits per heavy atom. The third-order valence-electron chi connectivity index (χ3n) is 2.00. The first-order valence-electron chi connectivity index (χ1n) is 4.43. The number of rotatable bonds is 1. The van der Waals surface area contributed by atoms with Crippen molar-refractivity contribution in [2.75, 3.05) is 0 Å². The van der Waals surface area contributed by atoms with Gasteiger partial charge in [0.15, 0.2) is 0 Å². The van der Waals surface area contributed by atoms with E-state index in [0.29, 0.717) is 5.69 Å². The second-order valence-corrected chi connectivity index (χ2v) is 3.94. The van der Waals surface area contributed by atoms with Crippen molar-refractivity contribution in [2.24, 2.45) is 0 Å². The summed E-state index contributed by atoms with van der Waals surface area (Å²) in [5, 5.41) is 8.73. The number of aromatic nitrogens is 1. The molecule has 0 fully saturated rings. The van der Waals surface area contributed by atoms with E-state index < -0.39 is 0 Å². The summed E-state index contributed by atoms with van der Waals surface area (Å²) in [7, 11) is 0. The van der Waals surface area contributed by atoms with Gasteiger partial charge < -0.3 is 0 Å². The molecule has 1 aromatic carbocycles. The quantitative estimate of drug-likeness (QED) is 0.787. The summed E-state index contributed by atoms with van der Waals surface area (Å²) in [6, 6.07) is 15.3. The number of hydrogen-bond donors (Lipinski definition) is 0. The molecule has 0 aliphatic rings. The highest BCUT2D eigenvalue weighted by atomic mass is 79.9. The van der Waals surface area contributed by atoms with Gasteiger partial charge in [0.1, 0.15) is 11.8 Å². The van der Waals surface area contributed by atoms with E-state index in [1.54, 1.807) is 6.07 Å². The lowest BCUT2D eigenvalue weighted by molar-refractivity contribution is 1.26. The van der Waals surface area contributed by atoms with Gasteiger partial charge in [0.2, 0.25) is 0 Å². The predicted molar refractivity (Wildman–Crippen MR) is 62.1 cm³/mol. The van der Waals surface area contributed by atoms with Gasteiger partial charge in [-0.2, -0.15) is 5.26 Å². The summed E-state index contributed by atoms with van der Waals surface area (Å²) in [5.41, 5.74) is 2.27. The van der Waals surface area contributed by atoms with Crippen LogP contribution in [0.5, 0.6) is 0 Å². The Kier molecular flexibility index (Phi) is 2.79. The van der Waals surface area contributed by atoms with Crippen molar-refractivity contribution in [1.29, 1.82) is 5.26 Å². The third kappa shape index (κ3) is 2.23. The van der Waals surface area contributed by atoms with Crippen LogP contribution >= 0.6 is 15.9 Å². The number of nitrogens with zero attached hydrogens (tertiary/aromatic N) is 2. The van der Waals surface area contributed by atoms with Crippen molar-refractivity contribution in [3.63, 3.8) is 0 Å². The number of nitriles is 1. The maximum Gasteiger partial charge on any atom is 0.141 e. The molecule has 72 valence electrons. The van der Waals surface area contributed by atoms with Crippen LogP contribution < -0.4 is 0 Å². The van der Waals surface area contributed by atoms with Gasteiger partial charge in [-0.3, -0.25) is 0 Å². The van der Waals surface area contributed by atoms with Crippen LogP contribution in [-0.2, 0) is 0 Å². The van der Waals surface area contributed by atoms with Crippen LogP contribution in [0.15, 0.2) is 46.9 Å². The number of halogens is 1. The Morgan fingerprint density at radius 1 is 1.07 bits per heavy atom. The van der Waals surface area contributed by atoms with Gasteiger partial charge in [0.25, 0.3) is 0 Å². The van der Waals surface area contributed by atoms with E-state index in [4.69, 9.17) is 5.26 Å². The maximum atomic E-state index is 8.73. The first-order valence-corrected chi connectivity index (χ1v) is 5.22. The largest absolute Gasteiger partial charge is 0.237 e. The summed E-state index contributed by atoms with van der Waals surface area (Å²) in [5.74, 6) is 0. The van der Waals surface area contributed by atoms with Crippen molar-refractivity contribution in [3.05, 3.63) is 52.6 Å². The van der Waals surface area contributed by atoms with Crippen molar-refractivity contribution < 1.29 is 0 Å². The SMILES string of the molecule is N#Cc1cccc(-c2ccc(Br)cc2)n1. The first kappa shape index (κ1) is 9.88. The summed E-state index contributed by atoms with van der Waals surface area (Å²) in [6.45, 7) is 0. The minimum Gasteiger partial charge on any atom is -0.237 e. The predicted octanol–water partition coefficient (Wildman–Crippen LogP) is 3.38. The zero-order valence-corrected chi connectivity index (χ0v) is 9.40. The maximum absolute atomic E-state index is 8.73. The second kappa shape index (κ2) is 4.24. The van der Waals surface area contributed by atoms with Crippen LogP contribution in [0, 0.1) is 11.3 Å². The van der Waals surface area contributed by atoms with E-state index >= 15 is 0 Å². The van der Waals surface area contributed by atoms with Gasteiger partial charge in [-0.25, -0.2) is 4.98 Å². The van der Waals surface area contributed by atoms with Crippen molar-refractivity contribution >= 4 is 15.9 Å². The van der Waals surface area contributed by atoms with Crippen molar-refractivity contribution in [3.8, 4) is 17.3 Å². The normalized spacial score (nSPS) is 9.60. The molecule has 0 N–H and O–H groups in total. The first-order chi connectivity index (χ1) is 7.29. The van der Waals surface area contributed by atoms with E-state index in [-0.39, 0.29) is 0 Å². The second-order valence-electron chi connectivity index (χ2n) is 3.03. The van der Waals surface area contributed by atoms with Crippen molar-refractivity contribution in [2.45, 2.75) is 0 Å². The highest BCUT2D eigenvalue weighted by molar-refractivity contribution is 9.10. The van der Waals surface area contributed by atoms with Crippen LogP contribution in [0.3, 0.4) is 0 Å². The lowest BCUT2D eigenvalue weighted by Crippen LogP contribution is -1.86. The lowest BCUT2D eigenvalue weighted by atomic mass is 10.1. The molecule has 2 rings (SSSR count). The Bertz CT molecular complexity index is 512. The van der Waals surface area contributed by atoms with Gasteiger partial charge in [-0.15, -0.1) is 0 Å². The minimum atomic E-state index is 0.440. The Morgan fingerprint density at radius 3 is 2.47 bits per heavy atom. The molecule has 3 heteroatoms. The molecular formula is C12H7BrN2. The zero-order chi connectivity index (χ0) is 10.7. The molecule has 0 saturated carbocycles. The number of pyridine rings is 1. The fourth-order valence-corrected chi connectivity index (χ4v) is 1.54. The van der Waals surface area contributed by atoms with E-state index in [1.165, 1.54) is 0 Å². The highest BCUT2D eigenvalue weighted by Gasteiger charge is 1.99. The molecule has 0 spiro atoms. The Labute approximate surface area is 96.3 Å². The van der Waals surface area contributed by atoms with Gasteiger partial charge in [-0.05, 0) is 24.3 Å². The van der Waals surface area contributed by atoms with Crippen LogP contribution in [0.4, 0.5) is 0 Å². The number of hydrogen-bond acceptors (Lipinski definition) is 2. The van der Waals surface area contributed by atoms with Crippen LogP contribution in [0.1, 0.15) is 5.69 Å². The summed E-state index contributed by atoms with van der Waals surface area (Å²) in [4.78, 5) is 4.21. The topological polar surface area (TPSA) is 36.7 Å². The monoisotopic (exact) mass is 258 g/mol. The van der Waals surface area contributed by atoms with Gasteiger partial charge in [0.05, 0.1) is 5.69 Å². The van der Waals surface area contributed by atoms with Crippen LogP contribution in [0.25, 0.3) is 11.3 Å². The third-order valence-corrected chi connectivity index (χ3v) is 2.53. The summed E-state index contributed by atoms with van der Waals surface area (Å²) < 4.78 is 1.03. The molecule has 0 bridgehead atoms. The van der Waals surface area contributed by atoms with Crippen LogP contribution in [0.2, 0.25) is 0 Å². The van der Waals surface area contributed by atoms with Crippen LogP contribution in [-0.4, -0.2) is 4.98 Å². The molecule has 0 atom stereocenters. The standard InChI is InChI=1S/C12H7BrN2/c13-10-6-4-9(5-7-10)12-3-1-2-11(8-14)15-12/h1-7H. The van der Waals surface area contributed by atoms with E-state index in [9.17, 15) is 0 Å². The lowest BCUT2D eigenvalue weighted by Gasteiger charge is -2.00. The fourth-order valence-electron chi connectivity index (χ4n) is 1.28. The zero-order valence-electron chi connectivity index (χ0n) is 7.81. The molecule has 0 unspecified atom stereocenters. The summed E-state index contributed by atoms with van der Waals surface area (Å²) >= 11 is 3.37.